The minimum atomic E-state index is -0.172. The van der Waals surface area contributed by atoms with Crippen LogP contribution in [0.3, 0.4) is 0 Å². The molecule has 1 aliphatic rings. The molecule has 34 heavy (non-hydrogen) atoms. The van der Waals surface area contributed by atoms with Crippen LogP contribution in [0.5, 0.6) is 0 Å². The van der Waals surface area contributed by atoms with E-state index in [1.54, 1.807) is 18.3 Å². The number of nitrogens with one attached hydrogen (secondary N) is 3. The average Bonchev–Trinajstić information content (AvgIpc) is 3.25. The van der Waals surface area contributed by atoms with Crippen molar-refractivity contribution in [2.45, 2.75) is 12.5 Å². The Labute approximate surface area is 202 Å². The number of nitrogen functional groups attached to an aromatic ring is 1. The Morgan fingerprint density at radius 1 is 1.18 bits per heavy atom. The van der Waals surface area contributed by atoms with Crippen LogP contribution in [0.1, 0.15) is 6.42 Å². The standard InChI is InChI=1S/C25H26ClN7O/c1-33-13-15(24(34)30-17-8-6-16(27)7-9-17)10-18(14-33)31-25-29-12-21(26)23(32-25)20-11-28-22-5-3-2-4-19(20)22/h2-9,11-12,15,18,28H,10,13-14,27H2,1H3,(H,30,34)(H,29,31,32). The summed E-state index contributed by atoms with van der Waals surface area (Å²) in [6.45, 7) is 1.46. The largest absolute Gasteiger partial charge is 0.399 e. The van der Waals surface area contributed by atoms with E-state index in [1.165, 1.54) is 0 Å². The Balaban J connectivity index is 1.32. The molecule has 0 aliphatic carbocycles. The molecule has 3 heterocycles. The molecule has 5 N–H and O–H groups in total. The lowest BCUT2D eigenvalue weighted by Gasteiger charge is -2.35. The van der Waals surface area contributed by atoms with E-state index in [1.807, 2.05) is 49.6 Å². The van der Waals surface area contributed by atoms with Crippen molar-refractivity contribution in [1.82, 2.24) is 19.9 Å². The summed E-state index contributed by atoms with van der Waals surface area (Å²) in [4.78, 5) is 27.5. The molecule has 2 unspecified atom stereocenters. The SMILES string of the molecule is CN1CC(Nc2ncc(Cl)c(-c3c[nH]c4ccccc34)n2)CC(C(=O)Nc2ccc(N)cc2)C1. The van der Waals surface area contributed by atoms with Crippen LogP contribution in [0.25, 0.3) is 22.2 Å². The van der Waals surface area contributed by atoms with Gasteiger partial charge in [-0.25, -0.2) is 9.97 Å². The third-order valence-electron chi connectivity index (χ3n) is 6.10. The van der Waals surface area contributed by atoms with Crippen molar-refractivity contribution in [1.29, 1.82) is 0 Å². The highest BCUT2D eigenvalue weighted by molar-refractivity contribution is 6.33. The number of hydrogen-bond acceptors (Lipinski definition) is 6. The zero-order valence-corrected chi connectivity index (χ0v) is 19.5. The molecule has 1 fully saturated rings. The van der Waals surface area contributed by atoms with E-state index in [2.05, 4.69) is 25.5 Å². The number of halogens is 1. The summed E-state index contributed by atoms with van der Waals surface area (Å²) in [5.74, 6) is 0.302. The van der Waals surface area contributed by atoms with Gasteiger partial charge < -0.3 is 26.3 Å². The van der Waals surface area contributed by atoms with Crippen LogP contribution in [0.15, 0.2) is 60.9 Å². The molecule has 0 saturated carbocycles. The van der Waals surface area contributed by atoms with Gasteiger partial charge in [0.05, 0.1) is 22.8 Å². The number of hydrogen-bond donors (Lipinski definition) is 4. The summed E-state index contributed by atoms with van der Waals surface area (Å²) in [5, 5.41) is 7.94. The molecule has 2 aromatic heterocycles. The van der Waals surface area contributed by atoms with Crippen molar-refractivity contribution in [3.63, 3.8) is 0 Å². The summed E-state index contributed by atoms with van der Waals surface area (Å²) in [5.41, 5.74) is 9.75. The van der Waals surface area contributed by atoms with Crippen molar-refractivity contribution >= 4 is 45.7 Å². The van der Waals surface area contributed by atoms with Crippen molar-refractivity contribution in [3.8, 4) is 11.3 Å². The van der Waals surface area contributed by atoms with Crippen LogP contribution in [0.4, 0.5) is 17.3 Å². The second-order valence-electron chi connectivity index (χ2n) is 8.74. The number of likely N-dealkylation sites (tertiary alicyclic amines) is 1. The summed E-state index contributed by atoms with van der Waals surface area (Å²) < 4.78 is 0. The third kappa shape index (κ3) is 4.69. The molecule has 9 heteroatoms. The maximum atomic E-state index is 12.9. The van der Waals surface area contributed by atoms with Crippen molar-refractivity contribution in [2.75, 3.05) is 36.5 Å². The van der Waals surface area contributed by atoms with E-state index in [9.17, 15) is 4.79 Å². The summed E-state index contributed by atoms with van der Waals surface area (Å²) in [7, 11) is 2.01. The van der Waals surface area contributed by atoms with Gasteiger partial charge >= 0.3 is 0 Å². The van der Waals surface area contributed by atoms with Gasteiger partial charge in [0, 0.05) is 53.2 Å². The number of nitrogens with zero attached hydrogens (tertiary/aromatic N) is 3. The molecule has 1 amide bonds. The van der Waals surface area contributed by atoms with Crippen LogP contribution >= 0.6 is 11.6 Å². The van der Waals surface area contributed by atoms with Crippen LogP contribution < -0.4 is 16.4 Å². The van der Waals surface area contributed by atoms with Gasteiger partial charge in [-0.1, -0.05) is 29.8 Å². The van der Waals surface area contributed by atoms with Gasteiger partial charge in [0.25, 0.3) is 0 Å². The highest BCUT2D eigenvalue weighted by atomic mass is 35.5. The normalized spacial score (nSPS) is 18.6. The first-order chi connectivity index (χ1) is 16.5. The lowest BCUT2D eigenvalue weighted by molar-refractivity contribution is -0.121. The Morgan fingerprint density at radius 2 is 1.97 bits per heavy atom. The number of nitrogens with two attached hydrogens (primary N) is 1. The maximum Gasteiger partial charge on any atom is 0.228 e. The minimum absolute atomic E-state index is 0.0120. The Kier molecular flexibility index (Phi) is 6.08. The number of fused-ring (bicyclic) bond motifs is 1. The van der Waals surface area contributed by atoms with Crippen molar-refractivity contribution < 1.29 is 4.79 Å². The van der Waals surface area contributed by atoms with Gasteiger partial charge in [-0.05, 0) is 43.8 Å². The number of carbonyl (C=O) groups is 1. The van der Waals surface area contributed by atoms with Crippen LogP contribution in [-0.2, 0) is 4.79 Å². The quantitative estimate of drug-likeness (QED) is 0.321. The molecule has 8 nitrogen and oxygen atoms in total. The molecule has 1 saturated heterocycles. The number of piperidine rings is 1. The zero-order valence-electron chi connectivity index (χ0n) is 18.8. The fourth-order valence-corrected chi connectivity index (χ4v) is 4.69. The molecule has 5 rings (SSSR count). The number of likely N-dealkylation sites (N-methyl/N-ethyl adjacent to an activating group) is 1. The topological polar surface area (TPSA) is 112 Å². The minimum Gasteiger partial charge on any atom is -0.399 e. The molecular formula is C25H26ClN7O. The Bertz CT molecular complexity index is 1320. The number of aromatic amines is 1. The molecule has 2 atom stereocenters. The van der Waals surface area contributed by atoms with Gasteiger partial charge in [-0.3, -0.25) is 4.79 Å². The third-order valence-corrected chi connectivity index (χ3v) is 6.38. The Morgan fingerprint density at radius 3 is 2.79 bits per heavy atom. The smallest absolute Gasteiger partial charge is 0.228 e. The maximum absolute atomic E-state index is 12.9. The Hall–Kier alpha value is -3.62. The van der Waals surface area contributed by atoms with E-state index in [0.717, 1.165) is 28.7 Å². The van der Waals surface area contributed by atoms with Crippen molar-refractivity contribution in [2.24, 2.45) is 5.92 Å². The van der Waals surface area contributed by atoms with Gasteiger partial charge in [0.15, 0.2) is 0 Å². The van der Waals surface area contributed by atoms with Crippen LogP contribution in [0, 0.1) is 5.92 Å². The highest BCUT2D eigenvalue weighted by Gasteiger charge is 2.30. The van der Waals surface area contributed by atoms with E-state index in [0.29, 0.717) is 35.3 Å². The number of para-hydroxylation sites is 1. The summed E-state index contributed by atoms with van der Waals surface area (Å²) in [6, 6.07) is 15.2. The second kappa shape index (κ2) is 9.32. The molecule has 0 spiro atoms. The number of rotatable bonds is 5. The number of amides is 1. The average molecular weight is 476 g/mol. The lowest BCUT2D eigenvalue weighted by atomic mass is 9.93. The van der Waals surface area contributed by atoms with Crippen LogP contribution in [0.2, 0.25) is 5.02 Å². The summed E-state index contributed by atoms with van der Waals surface area (Å²) >= 11 is 6.47. The predicted molar refractivity (Wildman–Crippen MR) is 137 cm³/mol. The van der Waals surface area contributed by atoms with Gasteiger partial charge in [-0.2, -0.15) is 0 Å². The second-order valence-corrected chi connectivity index (χ2v) is 9.15. The monoisotopic (exact) mass is 475 g/mol. The zero-order chi connectivity index (χ0) is 23.7. The molecule has 4 aromatic rings. The van der Waals surface area contributed by atoms with Gasteiger partial charge in [-0.15, -0.1) is 0 Å². The molecule has 0 radical (unpaired) electrons. The molecule has 2 aromatic carbocycles. The molecule has 174 valence electrons. The lowest BCUT2D eigenvalue weighted by Crippen LogP contribution is -2.48. The number of benzene rings is 2. The van der Waals surface area contributed by atoms with Gasteiger partial charge in [0.1, 0.15) is 0 Å². The van der Waals surface area contributed by atoms with E-state index < -0.39 is 0 Å². The van der Waals surface area contributed by atoms with E-state index in [-0.39, 0.29) is 17.9 Å². The summed E-state index contributed by atoms with van der Waals surface area (Å²) in [6.07, 6.45) is 4.19. The molecule has 1 aliphatic heterocycles. The predicted octanol–water partition coefficient (Wildman–Crippen LogP) is 4.23. The fraction of sp³-hybridized carbons (Fsp3) is 0.240. The first-order valence-electron chi connectivity index (χ1n) is 11.2. The first-order valence-corrected chi connectivity index (χ1v) is 11.5. The number of carbonyl (C=O) groups excluding carboxylic acids is 1. The number of aromatic nitrogens is 3. The molecular weight excluding hydrogens is 450 g/mol. The van der Waals surface area contributed by atoms with Gasteiger partial charge in [0.2, 0.25) is 11.9 Å². The first kappa shape index (κ1) is 22.2. The van der Waals surface area contributed by atoms with E-state index in [4.69, 9.17) is 22.3 Å². The number of H-pyrrole nitrogens is 1. The molecule has 0 bridgehead atoms. The van der Waals surface area contributed by atoms with Crippen LogP contribution in [-0.4, -0.2) is 51.9 Å². The number of anilines is 3. The van der Waals surface area contributed by atoms with Crippen molar-refractivity contribution in [3.05, 3.63) is 65.9 Å². The highest BCUT2D eigenvalue weighted by Crippen LogP contribution is 2.32. The fourth-order valence-electron chi connectivity index (χ4n) is 4.50. The van der Waals surface area contributed by atoms with E-state index >= 15 is 0 Å².